The molecule has 45 heavy (non-hydrogen) atoms. The number of carbonyl (C=O) groups excluding carboxylic acids is 3. The van der Waals surface area contributed by atoms with Crippen LogP contribution in [0, 0.1) is 48.5 Å². The molecular weight excluding hydrogens is 588 g/mol. The number of esters is 3. The van der Waals surface area contributed by atoms with Crippen molar-refractivity contribution in [3.8, 4) is 34.5 Å². The van der Waals surface area contributed by atoms with Gasteiger partial charge >= 0.3 is 17.9 Å². The first-order valence-electron chi connectivity index (χ1n) is 13.9. The Hall–Kier alpha value is -4.81. The van der Waals surface area contributed by atoms with E-state index in [0.717, 1.165) is 0 Å². The Bertz CT molecular complexity index is 1670. The number of phenolic OH excluding ortho intramolecular Hbond substituents is 2. The first kappa shape index (κ1) is 34.7. The van der Waals surface area contributed by atoms with Crippen LogP contribution in [0.3, 0.4) is 0 Å². The summed E-state index contributed by atoms with van der Waals surface area (Å²) in [5.41, 5.74) is 2.31. The molecule has 0 aromatic heterocycles. The summed E-state index contributed by atoms with van der Waals surface area (Å²) in [7, 11) is 2.69. The number of phenols is 2. The zero-order valence-corrected chi connectivity index (χ0v) is 26.7. The highest BCUT2D eigenvalue weighted by Crippen LogP contribution is 2.41. The molecule has 0 fully saturated rings. The van der Waals surface area contributed by atoms with Crippen LogP contribution in [0.1, 0.15) is 70.0 Å². The minimum Gasteiger partial charge on any atom is -0.508 e. The van der Waals surface area contributed by atoms with E-state index in [4.69, 9.17) is 28.8 Å². The summed E-state index contributed by atoms with van der Waals surface area (Å²) in [4.78, 5) is 39.7. The number of aliphatic hydroxyl groups excluding tert-OH is 2. The third kappa shape index (κ3) is 6.66. The number of methoxy groups -OCH3 is 2. The zero-order chi connectivity index (χ0) is 33.9. The Morgan fingerprint density at radius 2 is 1.22 bits per heavy atom. The van der Waals surface area contributed by atoms with E-state index in [2.05, 4.69) is 0 Å². The zero-order valence-electron chi connectivity index (χ0n) is 26.7. The molecule has 12 heteroatoms. The Balaban J connectivity index is 2.02. The van der Waals surface area contributed by atoms with Crippen molar-refractivity contribution in [1.82, 2.24) is 0 Å². The van der Waals surface area contributed by atoms with Crippen LogP contribution in [-0.2, 0) is 4.74 Å². The molecule has 0 aliphatic heterocycles. The van der Waals surface area contributed by atoms with Gasteiger partial charge in [-0.05, 0) is 82.9 Å². The van der Waals surface area contributed by atoms with Crippen LogP contribution in [0.2, 0.25) is 0 Å². The number of carbonyl (C=O) groups is 3. The molecule has 12 nitrogen and oxygen atoms in total. The average molecular weight is 627 g/mol. The average Bonchev–Trinajstić information content (AvgIpc) is 2.99. The summed E-state index contributed by atoms with van der Waals surface area (Å²) in [6.45, 7) is 10.1. The molecule has 0 heterocycles. The van der Waals surface area contributed by atoms with Gasteiger partial charge < -0.3 is 44.1 Å². The van der Waals surface area contributed by atoms with Gasteiger partial charge in [0.1, 0.15) is 63.9 Å². The highest BCUT2D eigenvalue weighted by Gasteiger charge is 2.30. The molecule has 4 N–H and O–H groups in total. The summed E-state index contributed by atoms with van der Waals surface area (Å²) in [5.74, 6) is -2.59. The number of hydrogen-bond donors (Lipinski definition) is 4. The van der Waals surface area contributed by atoms with Gasteiger partial charge in [0.2, 0.25) is 0 Å². The number of aliphatic hydroxyl groups is 2. The minimum atomic E-state index is -1.24. The maximum atomic E-state index is 13.7. The number of hydrogen-bond acceptors (Lipinski definition) is 12. The van der Waals surface area contributed by atoms with Gasteiger partial charge in [-0.25, -0.2) is 14.4 Å². The molecule has 3 aromatic carbocycles. The van der Waals surface area contributed by atoms with Gasteiger partial charge in [-0.2, -0.15) is 0 Å². The maximum Gasteiger partial charge on any atom is 0.347 e. The summed E-state index contributed by atoms with van der Waals surface area (Å²) < 4.78 is 27.7. The number of ether oxygens (including phenoxy) is 5. The van der Waals surface area contributed by atoms with E-state index in [0.29, 0.717) is 33.4 Å². The van der Waals surface area contributed by atoms with Crippen LogP contribution in [-0.4, -0.2) is 71.9 Å². The third-order valence-electron chi connectivity index (χ3n) is 7.62. The predicted molar refractivity (Wildman–Crippen MR) is 162 cm³/mol. The minimum absolute atomic E-state index is 0.0663. The van der Waals surface area contributed by atoms with Crippen LogP contribution in [0.15, 0.2) is 12.1 Å². The van der Waals surface area contributed by atoms with Gasteiger partial charge in [-0.15, -0.1) is 0 Å². The molecule has 1 atom stereocenters. The molecule has 0 aliphatic carbocycles. The molecule has 0 amide bonds. The van der Waals surface area contributed by atoms with E-state index in [9.17, 15) is 29.7 Å². The van der Waals surface area contributed by atoms with Gasteiger partial charge in [-0.1, -0.05) is 0 Å². The van der Waals surface area contributed by atoms with Crippen LogP contribution in [0.25, 0.3) is 0 Å². The molecule has 0 unspecified atom stereocenters. The number of rotatable bonds is 10. The Morgan fingerprint density at radius 1 is 0.667 bits per heavy atom. The highest BCUT2D eigenvalue weighted by atomic mass is 16.6. The standard InChI is InChI=1S/C33H38O12/c1-14-10-22(36)18(5)27(37)24(14)32(39)45-28-17(4)16(3)26(30(42-9)20(28)7)33(40)44-23-11-15(2)25(29(41-8)19(23)6)31(38)43-13-21(35)12-34/h10-11,21,34-37H,12-13H2,1-9H3/t21-/m1/s1. The first-order valence-corrected chi connectivity index (χ1v) is 13.9. The van der Waals surface area contributed by atoms with Crippen LogP contribution in [0.4, 0.5) is 0 Å². The summed E-state index contributed by atoms with van der Waals surface area (Å²) in [6.07, 6.45) is -1.24. The molecule has 242 valence electrons. The Kier molecular flexibility index (Phi) is 10.7. The number of aryl methyl sites for hydroxylation is 2. The summed E-state index contributed by atoms with van der Waals surface area (Å²) >= 11 is 0. The first-order chi connectivity index (χ1) is 21.1. The fourth-order valence-electron chi connectivity index (χ4n) is 4.95. The van der Waals surface area contributed by atoms with Crippen molar-refractivity contribution in [1.29, 1.82) is 0 Å². The van der Waals surface area contributed by atoms with Crippen molar-refractivity contribution in [2.24, 2.45) is 0 Å². The summed E-state index contributed by atoms with van der Waals surface area (Å²) in [6, 6.07) is 2.83. The van der Waals surface area contributed by atoms with E-state index in [-0.39, 0.29) is 51.0 Å². The maximum absolute atomic E-state index is 13.7. The van der Waals surface area contributed by atoms with Crippen molar-refractivity contribution < 1.29 is 58.5 Å². The molecule has 0 saturated heterocycles. The molecule has 0 bridgehead atoms. The monoisotopic (exact) mass is 626 g/mol. The van der Waals surface area contributed by atoms with Gasteiger partial charge in [0.15, 0.2) is 0 Å². The fraction of sp³-hybridized carbons (Fsp3) is 0.364. The SMILES string of the molecule is COc1c(C)c(OC(=O)c2c(C)c(C)c(OC(=O)c3c(C)cc(O)c(C)c3O)c(C)c2OC)cc(C)c1C(=O)OC[C@H](O)CO. The fourth-order valence-corrected chi connectivity index (χ4v) is 4.95. The Labute approximate surface area is 260 Å². The van der Waals surface area contributed by atoms with Crippen LogP contribution < -0.4 is 18.9 Å². The van der Waals surface area contributed by atoms with E-state index in [1.807, 2.05) is 0 Å². The third-order valence-corrected chi connectivity index (χ3v) is 7.62. The van der Waals surface area contributed by atoms with E-state index < -0.39 is 43.0 Å². The van der Waals surface area contributed by atoms with Gasteiger partial charge in [0, 0.05) is 16.7 Å². The lowest BCUT2D eigenvalue weighted by molar-refractivity contribution is 0.00904. The van der Waals surface area contributed by atoms with E-state index in [1.54, 1.807) is 41.5 Å². The number of aromatic hydroxyl groups is 2. The van der Waals surface area contributed by atoms with Crippen LogP contribution >= 0.6 is 0 Å². The van der Waals surface area contributed by atoms with Crippen molar-refractivity contribution in [3.63, 3.8) is 0 Å². The quantitative estimate of drug-likeness (QED) is 0.186. The number of benzene rings is 3. The smallest absolute Gasteiger partial charge is 0.347 e. The summed E-state index contributed by atoms with van der Waals surface area (Å²) in [5, 5.41) is 39.1. The lowest BCUT2D eigenvalue weighted by Gasteiger charge is -2.21. The van der Waals surface area contributed by atoms with Gasteiger partial charge in [0.05, 0.1) is 20.8 Å². The lowest BCUT2D eigenvalue weighted by atomic mass is 9.96. The van der Waals surface area contributed by atoms with Crippen molar-refractivity contribution in [2.75, 3.05) is 27.4 Å². The van der Waals surface area contributed by atoms with Crippen LogP contribution in [0.5, 0.6) is 34.5 Å². The molecule has 0 spiro atoms. The largest absolute Gasteiger partial charge is 0.508 e. The second-order valence-electron chi connectivity index (χ2n) is 10.6. The van der Waals surface area contributed by atoms with Crippen molar-refractivity contribution in [2.45, 2.75) is 54.6 Å². The second kappa shape index (κ2) is 13.9. The Morgan fingerprint density at radius 3 is 1.80 bits per heavy atom. The molecular formula is C33H38O12. The van der Waals surface area contributed by atoms with E-state index >= 15 is 0 Å². The predicted octanol–water partition coefficient (Wildman–Crippen LogP) is 4.22. The lowest BCUT2D eigenvalue weighted by Crippen LogP contribution is -2.23. The topological polar surface area (TPSA) is 178 Å². The normalized spacial score (nSPS) is 11.5. The molecule has 3 rings (SSSR count). The van der Waals surface area contributed by atoms with Gasteiger partial charge in [0.25, 0.3) is 0 Å². The van der Waals surface area contributed by atoms with E-state index in [1.165, 1.54) is 33.3 Å². The second-order valence-corrected chi connectivity index (χ2v) is 10.6. The van der Waals surface area contributed by atoms with Crippen molar-refractivity contribution in [3.05, 3.63) is 67.8 Å². The molecule has 0 radical (unpaired) electrons. The molecule has 0 saturated carbocycles. The van der Waals surface area contributed by atoms with Crippen molar-refractivity contribution >= 4 is 17.9 Å². The van der Waals surface area contributed by atoms with Gasteiger partial charge in [-0.3, -0.25) is 0 Å². The molecule has 3 aromatic rings. The molecule has 0 aliphatic rings. The highest BCUT2D eigenvalue weighted by molar-refractivity contribution is 6.00.